The fourth-order valence-electron chi connectivity index (χ4n) is 1.00. The van der Waals surface area contributed by atoms with Gasteiger partial charge in [-0.15, -0.1) is 0 Å². The first-order valence-corrected chi connectivity index (χ1v) is 5.56. The molecule has 0 aliphatic heterocycles. The monoisotopic (exact) mass is 258 g/mol. The summed E-state index contributed by atoms with van der Waals surface area (Å²) in [5.41, 5.74) is 0.483. The molecule has 1 aromatic carbocycles. The standard InChI is InChI=1S/C11H12Cl2N2O/c1-2-3-6-14-11(16)15-10-7-8(12)4-5-9(10)13/h3-7H,2H2,1H3,(H2,14,15,16)/b6-3+. The molecule has 2 N–H and O–H groups in total. The first-order valence-electron chi connectivity index (χ1n) is 4.81. The zero-order valence-electron chi connectivity index (χ0n) is 8.76. The molecule has 0 fully saturated rings. The highest BCUT2D eigenvalue weighted by Gasteiger charge is 2.04. The minimum Gasteiger partial charge on any atom is -0.315 e. The molecule has 3 nitrogen and oxygen atoms in total. The van der Waals surface area contributed by atoms with Gasteiger partial charge in [-0.2, -0.15) is 0 Å². The van der Waals surface area contributed by atoms with Crippen molar-refractivity contribution in [3.8, 4) is 0 Å². The number of halogens is 2. The van der Waals surface area contributed by atoms with Crippen molar-refractivity contribution >= 4 is 34.9 Å². The normalized spacial score (nSPS) is 10.4. The van der Waals surface area contributed by atoms with Crippen molar-refractivity contribution in [1.29, 1.82) is 0 Å². The number of urea groups is 1. The summed E-state index contributed by atoms with van der Waals surface area (Å²) in [6, 6.07) is 4.52. The van der Waals surface area contributed by atoms with Gasteiger partial charge in [-0.1, -0.05) is 36.2 Å². The molecule has 0 saturated heterocycles. The Morgan fingerprint density at radius 2 is 2.19 bits per heavy atom. The van der Waals surface area contributed by atoms with Crippen molar-refractivity contribution in [3.05, 3.63) is 40.5 Å². The summed E-state index contributed by atoms with van der Waals surface area (Å²) in [5.74, 6) is 0. The number of nitrogens with one attached hydrogen (secondary N) is 2. The molecule has 16 heavy (non-hydrogen) atoms. The van der Waals surface area contributed by atoms with Crippen LogP contribution >= 0.6 is 23.2 Å². The average molecular weight is 259 g/mol. The Morgan fingerprint density at radius 1 is 1.44 bits per heavy atom. The van der Waals surface area contributed by atoms with Crippen LogP contribution in [0.1, 0.15) is 13.3 Å². The quantitative estimate of drug-likeness (QED) is 0.845. The van der Waals surface area contributed by atoms with Crippen LogP contribution in [0.15, 0.2) is 30.5 Å². The van der Waals surface area contributed by atoms with E-state index >= 15 is 0 Å². The fraction of sp³-hybridized carbons (Fsp3) is 0.182. The van der Waals surface area contributed by atoms with E-state index in [-0.39, 0.29) is 6.03 Å². The summed E-state index contributed by atoms with van der Waals surface area (Å²) < 4.78 is 0. The van der Waals surface area contributed by atoms with E-state index in [2.05, 4.69) is 10.6 Å². The van der Waals surface area contributed by atoms with Crippen LogP contribution in [0, 0.1) is 0 Å². The van der Waals surface area contributed by atoms with Gasteiger partial charge < -0.3 is 10.6 Å². The van der Waals surface area contributed by atoms with E-state index in [9.17, 15) is 4.79 Å². The third-order valence-corrected chi connectivity index (χ3v) is 2.31. The summed E-state index contributed by atoms with van der Waals surface area (Å²) in [7, 11) is 0. The van der Waals surface area contributed by atoms with Crippen LogP contribution in [0.4, 0.5) is 10.5 Å². The zero-order valence-corrected chi connectivity index (χ0v) is 10.3. The summed E-state index contributed by atoms with van der Waals surface area (Å²) >= 11 is 11.7. The number of rotatable bonds is 3. The molecular weight excluding hydrogens is 247 g/mol. The lowest BCUT2D eigenvalue weighted by molar-refractivity contribution is 0.255. The van der Waals surface area contributed by atoms with Crippen LogP contribution in [0.25, 0.3) is 0 Å². The molecule has 0 aliphatic rings. The molecule has 5 heteroatoms. The van der Waals surface area contributed by atoms with Gasteiger partial charge in [0, 0.05) is 11.2 Å². The van der Waals surface area contributed by atoms with Crippen molar-refractivity contribution in [3.63, 3.8) is 0 Å². The summed E-state index contributed by atoms with van der Waals surface area (Å²) in [6.45, 7) is 1.98. The molecule has 0 aliphatic carbocycles. The fourth-order valence-corrected chi connectivity index (χ4v) is 1.34. The van der Waals surface area contributed by atoms with Crippen molar-refractivity contribution in [2.75, 3.05) is 5.32 Å². The van der Waals surface area contributed by atoms with E-state index < -0.39 is 0 Å². The number of carbonyl (C=O) groups excluding carboxylic acids is 1. The molecule has 0 atom stereocenters. The minimum atomic E-state index is -0.353. The van der Waals surface area contributed by atoms with Gasteiger partial charge in [0.05, 0.1) is 10.7 Å². The maximum absolute atomic E-state index is 11.4. The summed E-state index contributed by atoms with van der Waals surface area (Å²) in [5, 5.41) is 6.10. The largest absolute Gasteiger partial charge is 0.323 e. The van der Waals surface area contributed by atoms with Crippen molar-refractivity contribution < 1.29 is 4.79 Å². The van der Waals surface area contributed by atoms with Gasteiger partial charge in [0.25, 0.3) is 0 Å². The number of hydrogen-bond donors (Lipinski definition) is 2. The lowest BCUT2D eigenvalue weighted by atomic mass is 10.3. The maximum Gasteiger partial charge on any atom is 0.323 e. The molecule has 86 valence electrons. The second-order valence-electron chi connectivity index (χ2n) is 3.03. The van der Waals surface area contributed by atoms with E-state index in [1.165, 1.54) is 0 Å². The van der Waals surface area contributed by atoms with Crippen LogP contribution in [0.3, 0.4) is 0 Å². The molecule has 0 aromatic heterocycles. The molecule has 0 bridgehead atoms. The Morgan fingerprint density at radius 3 is 2.88 bits per heavy atom. The lowest BCUT2D eigenvalue weighted by Crippen LogP contribution is -2.23. The Labute approximate surface area is 104 Å². The Balaban J connectivity index is 2.62. The highest BCUT2D eigenvalue weighted by Crippen LogP contribution is 2.25. The highest BCUT2D eigenvalue weighted by atomic mass is 35.5. The topological polar surface area (TPSA) is 41.1 Å². The van der Waals surface area contributed by atoms with E-state index in [0.717, 1.165) is 6.42 Å². The Bertz CT molecular complexity index is 405. The molecule has 0 heterocycles. The Hall–Kier alpha value is -1.19. The van der Waals surface area contributed by atoms with Crippen LogP contribution in [-0.4, -0.2) is 6.03 Å². The highest BCUT2D eigenvalue weighted by molar-refractivity contribution is 6.35. The van der Waals surface area contributed by atoms with Crippen LogP contribution < -0.4 is 10.6 Å². The third kappa shape index (κ3) is 4.13. The van der Waals surface area contributed by atoms with Gasteiger partial charge in [-0.3, -0.25) is 0 Å². The van der Waals surface area contributed by atoms with Gasteiger partial charge in [0.1, 0.15) is 0 Å². The predicted octanol–water partition coefficient (Wildman–Crippen LogP) is 4.04. The lowest BCUT2D eigenvalue weighted by Gasteiger charge is -2.06. The number of carbonyl (C=O) groups is 1. The third-order valence-electron chi connectivity index (χ3n) is 1.74. The number of anilines is 1. The van der Waals surface area contributed by atoms with E-state index in [1.54, 1.807) is 24.4 Å². The number of allylic oxidation sites excluding steroid dienone is 1. The van der Waals surface area contributed by atoms with E-state index in [0.29, 0.717) is 15.7 Å². The van der Waals surface area contributed by atoms with Gasteiger partial charge >= 0.3 is 6.03 Å². The van der Waals surface area contributed by atoms with E-state index in [4.69, 9.17) is 23.2 Å². The molecular formula is C11H12Cl2N2O. The molecule has 0 saturated carbocycles. The second kappa shape index (κ2) is 6.40. The number of benzene rings is 1. The minimum absolute atomic E-state index is 0.353. The summed E-state index contributed by atoms with van der Waals surface area (Å²) in [6.07, 6.45) is 4.27. The van der Waals surface area contributed by atoms with Crippen molar-refractivity contribution in [1.82, 2.24) is 5.32 Å². The van der Waals surface area contributed by atoms with Crippen LogP contribution in [0.2, 0.25) is 10.0 Å². The first-order chi connectivity index (χ1) is 7.63. The average Bonchev–Trinajstić information content (AvgIpc) is 2.24. The molecule has 1 rings (SSSR count). The SMILES string of the molecule is CC/C=C/NC(=O)Nc1cc(Cl)ccc1Cl. The summed E-state index contributed by atoms with van der Waals surface area (Å²) in [4.78, 5) is 11.4. The van der Waals surface area contributed by atoms with Crippen molar-refractivity contribution in [2.45, 2.75) is 13.3 Å². The van der Waals surface area contributed by atoms with Gasteiger partial charge in [0.2, 0.25) is 0 Å². The number of amides is 2. The predicted molar refractivity (Wildman–Crippen MR) is 68.0 cm³/mol. The van der Waals surface area contributed by atoms with Gasteiger partial charge in [-0.05, 0) is 24.6 Å². The molecule has 0 unspecified atom stereocenters. The maximum atomic E-state index is 11.4. The van der Waals surface area contributed by atoms with Crippen LogP contribution in [-0.2, 0) is 0 Å². The smallest absolute Gasteiger partial charge is 0.315 e. The molecule has 0 spiro atoms. The first kappa shape index (κ1) is 12.9. The second-order valence-corrected chi connectivity index (χ2v) is 3.88. The molecule has 0 radical (unpaired) electrons. The van der Waals surface area contributed by atoms with Gasteiger partial charge in [-0.25, -0.2) is 4.79 Å². The van der Waals surface area contributed by atoms with E-state index in [1.807, 2.05) is 13.0 Å². The zero-order chi connectivity index (χ0) is 12.0. The number of hydrogen-bond acceptors (Lipinski definition) is 1. The van der Waals surface area contributed by atoms with Crippen LogP contribution in [0.5, 0.6) is 0 Å². The molecule has 1 aromatic rings. The van der Waals surface area contributed by atoms with Gasteiger partial charge in [0.15, 0.2) is 0 Å². The van der Waals surface area contributed by atoms with Crippen molar-refractivity contribution in [2.24, 2.45) is 0 Å². The molecule has 2 amide bonds. The Kier molecular flexibility index (Phi) is 5.15.